The summed E-state index contributed by atoms with van der Waals surface area (Å²) < 4.78 is 89.7. The molecule has 2 saturated heterocycles. The number of imide groups is 1. The molecule has 0 saturated carbocycles. The van der Waals surface area contributed by atoms with Crippen LogP contribution in [0.3, 0.4) is 0 Å². The van der Waals surface area contributed by atoms with Crippen molar-refractivity contribution in [1.29, 1.82) is 0 Å². The van der Waals surface area contributed by atoms with Crippen molar-refractivity contribution < 1.29 is 168 Å². The lowest BCUT2D eigenvalue weighted by Gasteiger charge is -2.44. The number of aliphatic hydroxyl groups excluding tert-OH is 3. The fourth-order valence-corrected chi connectivity index (χ4v) is 16.6. The number of amides is 10. The van der Waals surface area contributed by atoms with Gasteiger partial charge in [-0.1, -0.05) is 92.1 Å². The number of anilines is 1. The number of ether oxygens (including phenoxy) is 16. The van der Waals surface area contributed by atoms with Gasteiger partial charge in [-0.05, 0) is 108 Å². The van der Waals surface area contributed by atoms with Gasteiger partial charge in [0, 0.05) is 74.6 Å². The quantitative estimate of drug-likeness (QED) is 0.0117. The lowest BCUT2D eigenvalue weighted by atomic mass is 9.92. The number of hydrogen-bond donors (Lipinski definition) is 12. The maximum Gasteiger partial charge on any atom is 0.411 e. The number of rotatable bonds is 74. The standard InChI is InChI=1S/C100H157N11O34S/c1-14-32-102-88(118)72(105-90(120)76(110-81(113)29-30-82(110)114)62-103-98(128)145-100(9,10)11)25-19-21-33-101-80(112)31-35-130-36-37-131-38-39-132-40-41-133-42-43-134-44-45-135-46-47-136-48-49-137-50-51-138-52-53-139-54-55-140-56-57-141-99(129)107-73-60-70(27-28-78(73)143-97-86(117)84(115)85(116)87(144-97)95(125)126)63-111(13)34-22-20-26-77(111)91(121)108-83(67(7)15-2)93(122)109(12)75(65(3)4)61-79(142-96(127)66(5)6)92-106-74(64-146-92)89(119)104-71(58-68(8)94(123)124)59-69-23-17-16-18-24-69/h16-18,23-24,27-30,60,64-68,71-72,75-77,79,83-87,97,115-117H,14-15,19-22,25-26,31-59,61-63H2,1-13H3,(H8-,101,102,103,104,105,107,108,112,118,119,120,121,123,124,125,126,128,129)/p+1/t67-,68-,71+,72-,75+,76-,77+,79+,83-,84-,85-,86+,87-,97+,111?/m0/s1. The highest BCUT2D eigenvalue weighted by atomic mass is 32.1. The van der Waals surface area contributed by atoms with Crippen LogP contribution in [0.2, 0.25) is 0 Å². The summed E-state index contributed by atoms with van der Waals surface area (Å²) in [6, 6.07) is 8.62. The number of nitrogens with zero attached hydrogens (tertiary/aromatic N) is 4. The largest absolute Gasteiger partial charge is 0.481 e. The summed E-state index contributed by atoms with van der Waals surface area (Å²) in [6.07, 6.45) is -5.87. The van der Waals surface area contributed by atoms with E-state index in [0.717, 1.165) is 35.5 Å². The van der Waals surface area contributed by atoms with E-state index in [1.807, 2.05) is 72.0 Å². The van der Waals surface area contributed by atoms with E-state index in [1.54, 1.807) is 71.0 Å². The number of carboxylic acid groups (broad SMARTS) is 2. The molecule has 4 heterocycles. The van der Waals surface area contributed by atoms with Crippen molar-refractivity contribution in [3.05, 3.63) is 87.9 Å². The summed E-state index contributed by atoms with van der Waals surface area (Å²) in [7, 11) is 3.57. The van der Waals surface area contributed by atoms with Crippen LogP contribution in [-0.2, 0) is 132 Å². The molecule has 2 aromatic carbocycles. The summed E-state index contributed by atoms with van der Waals surface area (Å²) in [4.78, 5) is 179. The Morgan fingerprint density at radius 3 is 1.70 bits per heavy atom. The number of esters is 1. The highest BCUT2D eigenvalue weighted by Crippen LogP contribution is 2.37. The highest BCUT2D eigenvalue weighted by Gasteiger charge is 2.50. The first-order chi connectivity index (χ1) is 69.8. The number of nitrogens with one attached hydrogen (secondary N) is 7. The molecular formula is C100H158N11O34S+. The number of aromatic nitrogens is 1. The second-order valence-electron chi connectivity index (χ2n) is 37.6. The van der Waals surface area contributed by atoms with Crippen LogP contribution in [0.5, 0.6) is 5.75 Å². The van der Waals surface area contributed by atoms with E-state index < -0.39 is 157 Å². The summed E-state index contributed by atoms with van der Waals surface area (Å²) in [5.41, 5.74) is 0.632. The van der Waals surface area contributed by atoms with Gasteiger partial charge in [-0.25, -0.2) is 19.4 Å². The summed E-state index contributed by atoms with van der Waals surface area (Å²) in [5.74, 6) is -9.56. The third-order valence-corrected chi connectivity index (χ3v) is 25.0. The third kappa shape index (κ3) is 45.9. The molecule has 15 atom stereocenters. The van der Waals surface area contributed by atoms with Crippen LogP contribution in [0, 0.1) is 23.7 Å². The number of hydrogen-bond acceptors (Lipinski definition) is 34. The number of carboxylic acids is 2. The summed E-state index contributed by atoms with van der Waals surface area (Å²) in [5, 5.41) is 73.0. The molecule has 6 rings (SSSR count). The molecule has 1 unspecified atom stereocenters. The Hall–Kier alpha value is -10.1. The second-order valence-corrected chi connectivity index (χ2v) is 38.5. The lowest BCUT2D eigenvalue weighted by Crippen LogP contribution is -2.63. The molecule has 0 bridgehead atoms. The molecule has 3 aliphatic rings. The second kappa shape index (κ2) is 67.8. The van der Waals surface area contributed by atoms with Crippen molar-refractivity contribution in [2.24, 2.45) is 23.7 Å². The average Bonchev–Trinajstić information content (AvgIpc) is 1.08. The zero-order chi connectivity index (χ0) is 107. The average molecular weight is 2090 g/mol. The molecule has 822 valence electrons. The van der Waals surface area contributed by atoms with E-state index in [2.05, 4.69) is 37.2 Å². The molecule has 3 aliphatic heterocycles. The van der Waals surface area contributed by atoms with Gasteiger partial charge in [0.25, 0.3) is 23.6 Å². The molecule has 146 heavy (non-hydrogen) atoms. The van der Waals surface area contributed by atoms with E-state index in [4.69, 9.17) is 80.8 Å². The number of benzene rings is 2. The number of likely N-dealkylation sites (N-methyl/N-ethyl adjacent to an activating group) is 2. The maximum atomic E-state index is 15.2. The molecule has 3 aromatic rings. The zero-order valence-corrected chi connectivity index (χ0v) is 87.5. The first-order valence-corrected chi connectivity index (χ1v) is 51.2. The molecule has 10 amide bonds. The van der Waals surface area contributed by atoms with Gasteiger partial charge < -0.3 is 143 Å². The smallest absolute Gasteiger partial charge is 0.411 e. The van der Waals surface area contributed by atoms with E-state index in [1.165, 1.54) is 6.07 Å². The van der Waals surface area contributed by atoms with Gasteiger partial charge in [-0.15, -0.1) is 11.3 Å². The lowest BCUT2D eigenvalue weighted by molar-refractivity contribution is -0.942. The molecule has 0 spiro atoms. The molecule has 0 aliphatic carbocycles. The van der Waals surface area contributed by atoms with Crippen LogP contribution in [-0.4, -0.2) is 387 Å². The molecule has 1 aromatic heterocycles. The number of carbonyl (C=O) groups is 13. The normalized spacial score (nSPS) is 19.0. The van der Waals surface area contributed by atoms with Crippen LogP contribution in [0.4, 0.5) is 15.3 Å². The number of thiazole rings is 1. The van der Waals surface area contributed by atoms with Gasteiger partial charge in [0.15, 0.2) is 18.2 Å². The summed E-state index contributed by atoms with van der Waals surface area (Å²) >= 11 is 1.12. The highest BCUT2D eigenvalue weighted by molar-refractivity contribution is 7.09. The van der Waals surface area contributed by atoms with Crippen molar-refractivity contribution in [3.8, 4) is 5.75 Å². The first kappa shape index (κ1) is 125. The van der Waals surface area contributed by atoms with E-state index >= 15 is 9.59 Å². The molecular weight excluding hydrogens is 1930 g/mol. The van der Waals surface area contributed by atoms with Crippen LogP contribution < -0.4 is 42.0 Å². The Balaban J connectivity index is 0.806. The predicted molar refractivity (Wildman–Crippen MR) is 529 cm³/mol. The zero-order valence-electron chi connectivity index (χ0n) is 86.6. The Morgan fingerprint density at radius 1 is 0.623 bits per heavy atom. The number of quaternary nitrogens is 1. The van der Waals surface area contributed by atoms with E-state index in [0.29, 0.717) is 186 Å². The van der Waals surface area contributed by atoms with Crippen molar-refractivity contribution in [1.82, 2.24) is 46.7 Å². The van der Waals surface area contributed by atoms with Crippen molar-refractivity contribution in [3.63, 3.8) is 0 Å². The van der Waals surface area contributed by atoms with Gasteiger partial charge in [0.2, 0.25) is 29.9 Å². The Bertz CT molecular complexity index is 4480. The minimum Gasteiger partial charge on any atom is -0.481 e. The predicted octanol–water partition coefficient (Wildman–Crippen LogP) is 4.95. The van der Waals surface area contributed by atoms with Crippen molar-refractivity contribution in [2.75, 3.05) is 198 Å². The molecule has 46 heteroatoms. The number of aliphatic hydroxyl groups is 3. The Labute approximate surface area is 858 Å². The van der Waals surface area contributed by atoms with Crippen LogP contribution >= 0.6 is 11.3 Å². The number of likely N-dealkylation sites (tertiary alicyclic amines) is 1. The van der Waals surface area contributed by atoms with Gasteiger partial charge in [-0.2, -0.15) is 0 Å². The Morgan fingerprint density at radius 2 is 1.18 bits per heavy atom. The topological polar surface area (TPSA) is 574 Å². The van der Waals surface area contributed by atoms with Gasteiger partial charge in [-0.3, -0.25) is 58.2 Å². The monoisotopic (exact) mass is 2090 g/mol. The number of carbonyl (C=O) groups excluding carboxylic acids is 11. The van der Waals surface area contributed by atoms with E-state index in [-0.39, 0.29) is 130 Å². The minimum atomic E-state index is -2.02. The first-order valence-electron chi connectivity index (χ1n) is 50.3. The van der Waals surface area contributed by atoms with Crippen LogP contribution in [0.25, 0.3) is 0 Å². The SMILES string of the molecule is CCCNC(=O)[C@H](CCCCNC(=O)CCOCCOCCOCCOCCOCCOCCOCCOCCOCCOCCOCCOC(=O)Nc1cc(C[N+]2(C)CCCC[C@@H]2C(=O)N[C@H](C(=O)N(C)[C@H](C[C@@H](OC(=O)C(C)C)c2nc(C(=O)N[C@@H](Cc3ccccc3)C[C@H](C)C(=O)O)cs2)C(C)C)[C@@H](C)CC)ccc1O[C@@H]1O[C@H](C(=O)O)[C@@H](O)[C@H](O)[C@H]1O)NC(=O)[C@H](CNC(=O)OC(C)(C)C)N1C(=O)C=CC1=O. The number of alkyl carbamates (subject to hydrolysis) is 1. The number of aliphatic carboxylic acids is 2. The molecule has 12 N–H and O–H groups in total. The maximum absolute atomic E-state index is 15.2. The number of piperidine rings is 1. The van der Waals surface area contributed by atoms with Gasteiger partial charge in [0.05, 0.1) is 183 Å². The molecule has 2 fully saturated rings. The minimum absolute atomic E-state index is 0.0328. The van der Waals surface area contributed by atoms with Crippen LogP contribution in [0.15, 0.2) is 66.1 Å². The fraction of sp³-hybridized carbons (Fsp3) is 0.700. The van der Waals surface area contributed by atoms with Crippen molar-refractivity contribution in [2.45, 2.75) is 238 Å². The van der Waals surface area contributed by atoms with Crippen LogP contribution in [0.1, 0.15) is 180 Å². The van der Waals surface area contributed by atoms with Crippen molar-refractivity contribution >= 4 is 94.4 Å². The summed E-state index contributed by atoms with van der Waals surface area (Å²) in [6.45, 7) is 26.8. The molecule has 0 radical (unpaired) electrons. The third-order valence-electron chi connectivity index (χ3n) is 24.0. The van der Waals surface area contributed by atoms with E-state index in [9.17, 15) is 78.3 Å². The van der Waals surface area contributed by atoms with Gasteiger partial charge in [0.1, 0.15) is 71.6 Å². The fourth-order valence-electron chi connectivity index (χ4n) is 15.8. The number of unbranched alkanes of at least 4 members (excludes halogenated alkanes) is 1. The molecule has 45 nitrogen and oxygen atoms in total. The Kier molecular flexibility index (Phi) is 57.8. The van der Waals surface area contributed by atoms with Gasteiger partial charge >= 0.3 is 30.1 Å².